The highest BCUT2D eigenvalue weighted by molar-refractivity contribution is 9.10. The number of hydrogen-bond donors (Lipinski definition) is 0. The third kappa shape index (κ3) is 3.06. The van der Waals surface area contributed by atoms with Gasteiger partial charge in [0.2, 0.25) is 5.88 Å². The van der Waals surface area contributed by atoms with Crippen LogP contribution in [0, 0.1) is 25.2 Å². The molecule has 0 aliphatic carbocycles. The summed E-state index contributed by atoms with van der Waals surface area (Å²) in [5.41, 5.74) is 2.08. The number of aryl methyl sites for hydroxylation is 2. The summed E-state index contributed by atoms with van der Waals surface area (Å²) >= 11 is 9.24. The Hall–Kier alpha value is -1.57. The second kappa shape index (κ2) is 5.60. The zero-order chi connectivity index (χ0) is 14.0. The van der Waals surface area contributed by atoms with E-state index in [0.29, 0.717) is 26.7 Å². The monoisotopic (exact) mass is 336 g/mol. The van der Waals surface area contributed by atoms with Gasteiger partial charge in [0.15, 0.2) is 0 Å². The Labute approximate surface area is 124 Å². The molecule has 0 bridgehead atoms. The van der Waals surface area contributed by atoms with E-state index in [1.807, 2.05) is 19.9 Å². The van der Waals surface area contributed by atoms with E-state index in [0.717, 1.165) is 11.3 Å². The second-order valence-electron chi connectivity index (χ2n) is 4.05. The van der Waals surface area contributed by atoms with E-state index >= 15 is 0 Å². The highest BCUT2D eigenvalue weighted by atomic mass is 79.9. The fourth-order valence-electron chi connectivity index (χ4n) is 1.67. The van der Waals surface area contributed by atoms with Gasteiger partial charge in [-0.3, -0.25) is 0 Å². The summed E-state index contributed by atoms with van der Waals surface area (Å²) in [4.78, 5) is 4.27. The number of hydrogen-bond acceptors (Lipinski definition) is 3. The minimum atomic E-state index is 0.308. The van der Waals surface area contributed by atoms with Crippen LogP contribution in [0.15, 0.2) is 28.7 Å². The van der Waals surface area contributed by atoms with Gasteiger partial charge in [0, 0.05) is 10.7 Å². The van der Waals surface area contributed by atoms with E-state index in [4.69, 9.17) is 16.3 Å². The Kier molecular flexibility index (Phi) is 4.08. The van der Waals surface area contributed by atoms with Gasteiger partial charge in [-0.15, -0.1) is 0 Å². The highest BCUT2D eigenvalue weighted by Crippen LogP contribution is 2.33. The molecule has 1 aromatic carbocycles. The average molecular weight is 338 g/mol. The summed E-state index contributed by atoms with van der Waals surface area (Å²) in [6.45, 7) is 3.72. The Balaban J connectivity index is 2.46. The predicted molar refractivity (Wildman–Crippen MR) is 77.7 cm³/mol. The zero-order valence-corrected chi connectivity index (χ0v) is 12.7. The van der Waals surface area contributed by atoms with E-state index in [2.05, 4.69) is 27.0 Å². The minimum Gasteiger partial charge on any atom is -0.436 e. The maximum Gasteiger partial charge on any atom is 0.237 e. The van der Waals surface area contributed by atoms with Crippen molar-refractivity contribution in [3.05, 3.63) is 50.6 Å². The molecule has 1 aromatic heterocycles. The van der Waals surface area contributed by atoms with Crippen LogP contribution < -0.4 is 4.74 Å². The number of benzene rings is 1. The largest absolute Gasteiger partial charge is 0.436 e. The van der Waals surface area contributed by atoms with E-state index in [1.165, 1.54) is 0 Å². The lowest BCUT2D eigenvalue weighted by Crippen LogP contribution is -1.97. The normalized spacial score (nSPS) is 10.1. The fourth-order valence-corrected chi connectivity index (χ4v) is 2.44. The first kappa shape index (κ1) is 13.9. The van der Waals surface area contributed by atoms with Gasteiger partial charge >= 0.3 is 0 Å². The quantitative estimate of drug-likeness (QED) is 0.792. The number of rotatable bonds is 2. The molecule has 96 valence electrons. The summed E-state index contributed by atoms with van der Waals surface area (Å²) in [6.07, 6.45) is 0. The van der Waals surface area contributed by atoms with Gasteiger partial charge in [-0.25, -0.2) is 4.98 Å². The van der Waals surface area contributed by atoms with Crippen LogP contribution in [-0.4, -0.2) is 4.98 Å². The van der Waals surface area contributed by atoms with Crippen LogP contribution in [0.25, 0.3) is 0 Å². The van der Waals surface area contributed by atoms with E-state index in [9.17, 15) is 5.26 Å². The molecular weight excluding hydrogens is 328 g/mol. The molecule has 0 unspecified atom stereocenters. The van der Waals surface area contributed by atoms with Crippen LogP contribution in [0.3, 0.4) is 0 Å². The summed E-state index contributed by atoms with van der Waals surface area (Å²) in [7, 11) is 0. The van der Waals surface area contributed by atoms with Crippen molar-refractivity contribution in [1.29, 1.82) is 5.26 Å². The van der Waals surface area contributed by atoms with Gasteiger partial charge in [-0.1, -0.05) is 11.6 Å². The number of ether oxygens (including phenoxy) is 1. The molecule has 0 aliphatic rings. The summed E-state index contributed by atoms with van der Waals surface area (Å²) < 4.78 is 6.42. The number of nitrogens with zero attached hydrogens (tertiary/aromatic N) is 2. The maximum absolute atomic E-state index is 9.18. The van der Waals surface area contributed by atoms with Gasteiger partial charge < -0.3 is 4.74 Å². The van der Waals surface area contributed by atoms with Gasteiger partial charge in [0.25, 0.3) is 0 Å². The molecule has 0 fully saturated rings. The minimum absolute atomic E-state index is 0.308. The fraction of sp³-hybridized carbons (Fsp3) is 0.143. The Morgan fingerprint density at radius 3 is 2.68 bits per heavy atom. The molecule has 1 heterocycles. The first-order chi connectivity index (χ1) is 9.01. The molecule has 0 saturated heterocycles. The molecule has 5 heteroatoms. The third-order valence-corrected chi connectivity index (χ3v) is 3.38. The molecule has 0 aliphatic heterocycles. The van der Waals surface area contributed by atoms with Crippen molar-refractivity contribution in [3.63, 3.8) is 0 Å². The van der Waals surface area contributed by atoms with Crippen LogP contribution in [0.2, 0.25) is 5.02 Å². The van der Waals surface area contributed by atoms with Gasteiger partial charge in [-0.05, 0) is 59.6 Å². The number of halogens is 2. The summed E-state index contributed by atoms with van der Waals surface area (Å²) in [6, 6.07) is 9.14. The molecule has 3 nitrogen and oxygen atoms in total. The zero-order valence-electron chi connectivity index (χ0n) is 10.4. The lowest BCUT2D eigenvalue weighted by Gasteiger charge is -2.10. The van der Waals surface area contributed by atoms with Crippen molar-refractivity contribution in [2.75, 3.05) is 0 Å². The van der Waals surface area contributed by atoms with Gasteiger partial charge in [0.1, 0.15) is 17.4 Å². The number of nitriles is 1. The standard InChI is InChI=1S/C14H10BrClN2O/c1-8-5-9(2)18-14(11(8)7-17)19-13-4-3-10(16)6-12(13)15/h3-6H,1-2H3. The Morgan fingerprint density at radius 2 is 2.05 bits per heavy atom. The molecule has 2 rings (SSSR count). The average Bonchev–Trinajstić information content (AvgIpc) is 2.32. The van der Waals surface area contributed by atoms with E-state index in [1.54, 1.807) is 18.2 Å². The second-order valence-corrected chi connectivity index (χ2v) is 5.34. The first-order valence-electron chi connectivity index (χ1n) is 5.52. The molecule has 0 N–H and O–H groups in total. The van der Waals surface area contributed by atoms with Crippen molar-refractivity contribution in [3.8, 4) is 17.7 Å². The van der Waals surface area contributed by atoms with Crippen LogP contribution >= 0.6 is 27.5 Å². The smallest absolute Gasteiger partial charge is 0.237 e. The Morgan fingerprint density at radius 1 is 1.32 bits per heavy atom. The van der Waals surface area contributed by atoms with Crippen LogP contribution in [-0.2, 0) is 0 Å². The molecule has 0 amide bonds. The topological polar surface area (TPSA) is 45.9 Å². The van der Waals surface area contributed by atoms with Crippen LogP contribution in [0.4, 0.5) is 0 Å². The lowest BCUT2D eigenvalue weighted by atomic mass is 10.1. The van der Waals surface area contributed by atoms with Crippen LogP contribution in [0.1, 0.15) is 16.8 Å². The van der Waals surface area contributed by atoms with Gasteiger partial charge in [0.05, 0.1) is 4.47 Å². The van der Waals surface area contributed by atoms with Crippen molar-refractivity contribution in [1.82, 2.24) is 4.98 Å². The summed E-state index contributed by atoms with van der Waals surface area (Å²) in [5.74, 6) is 0.876. The SMILES string of the molecule is Cc1cc(C)c(C#N)c(Oc2ccc(Cl)cc2Br)n1. The Bertz CT molecular complexity index is 680. The van der Waals surface area contributed by atoms with E-state index < -0.39 is 0 Å². The molecule has 19 heavy (non-hydrogen) atoms. The molecule has 0 saturated carbocycles. The van der Waals surface area contributed by atoms with Gasteiger partial charge in [-0.2, -0.15) is 5.26 Å². The summed E-state index contributed by atoms with van der Waals surface area (Å²) in [5, 5.41) is 9.78. The highest BCUT2D eigenvalue weighted by Gasteiger charge is 2.12. The number of aromatic nitrogens is 1. The predicted octanol–water partition coefficient (Wildman–Crippen LogP) is 4.78. The molecule has 2 aromatic rings. The van der Waals surface area contributed by atoms with Crippen molar-refractivity contribution >= 4 is 27.5 Å². The molecule has 0 atom stereocenters. The first-order valence-corrected chi connectivity index (χ1v) is 6.69. The molecule has 0 radical (unpaired) electrons. The van der Waals surface area contributed by atoms with Crippen molar-refractivity contribution < 1.29 is 4.74 Å². The van der Waals surface area contributed by atoms with Crippen LogP contribution in [0.5, 0.6) is 11.6 Å². The maximum atomic E-state index is 9.18. The lowest BCUT2D eigenvalue weighted by molar-refractivity contribution is 0.456. The molecule has 0 spiro atoms. The molecular formula is C14H10BrClN2O. The van der Waals surface area contributed by atoms with E-state index in [-0.39, 0.29) is 0 Å². The number of pyridine rings is 1. The van der Waals surface area contributed by atoms with Crippen molar-refractivity contribution in [2.45, 2.75) is 13.8 Å². The van der Waals surface area contributed by atoms with Crippen molar-refractivity contribution in [2.24, 2.45) is 0 Å². The third-order valence-electron chi connectivity index (χ3n) is 2.52.